The van der Waals surface area contributed by atoms with E-state index in [2.05, 4.69) is 33.0 Å². The molecule has 3 aromatic rings. The molecule has 32 heavy (non-hydrogen) atoms. The van der Waals surface area contributed by atoms with Crippen molar-refractivity contribution in [1.82, 2.24) is 15.5 Å². The van der Waals surface area contributed by atoms with Crippen molar-refractivity contribution in [2.75, 3.05) is 26.1 Å². The molecule has 0 radical (unpaired) electrons. The number of aromatic nitrogens is 2. The van der Waals surface area contributed by atoms with E-state index in [1.807, 2.05) is 18.2 Å². The van der Waals surface area contributed by atoms with E-state index in [0.717, 1.165) is 24.3 Å². The predicted octanol–water partition coefficient (Wildman–Crippen LogP) is 3.49. The van der Waals surface area contributed by atoms with Crippen molar-refractivity contribution < 1.29 is 19.1 Å². The quantitative estimate of drug-likeness (QED) is 0.460. The second kappa shape index (κ2) is 11.8. The van der Waals surface area contributed by atoms with Crippen molar-refractivity contribution in [1.29, 1.82) is 0 Å². The molecule has 0 bridgehead atoms. The summed E-state index contributed by atoms with van der Waals surface area (Å²) in [5, 5.41) is 15.0. The molecule has 168 valence electrons. The van der Waals surface area contributed by atoms with Crippen LogP contribution >= 0.6 is 11.3 Å². The molecule has 0 fully saturated rings. The number of nitrogens with zero attached hydrogens (tertiary/aromatic N) is 2. The summed E-state index contributed by atoms with van der Waals surface area (Å²) < 4.78 is 10.3. The van der Waals surface area contributed by atoms with Gasteiger partial charge in [-0.1, -0.05) is 41.7 Å². The average Bonchev–Trinajstić information content (AvgIpc) is 3.26. The van der Waals surface area contributed by atoms with Crippen LogP contribution in [0.3, 0.4) is 0 Å². The highest BCUT2D eigenvalue weighted by Gasteiger charge is 2.12. The van der Waals surface area contributed by atoms with E-state index in [9.17, 15) is 9.59 Å². The molecular weight excluding hydrogens is 428 g/mol. The summed E-state index contributed by atoms with van der Waals surface area (Å²) in [6, 6.07) is 15.2. The van der Waals surface area contributed by atoms with Gasteiger partial charge >= 0.3 is 0 Å². The zero-order chi connectivity index (χ0) is 22.8. The van der Waals surface area contributed by atoms with E-state index < -0.39 is 0 Å². The van der Waals surface area contributed by atoms with E-state index in [1.165, 1.54) is 31.1 Å². The van der Waals surface area contributed by atoms with Gasteiger partial charge in [0.2, 0.25) is 11.0 Å². The molecule has 0 aliphatic rings. The van der Waals surface area contributed by atoms with E-state index >= 15 is 0 Å². The minimum absolute atomic E-state index is 0.121. The molecule has 1 aromatic heterocycles. The smallest absolute Gasteiger partial charge is 0.251 e. The van der Waals surface area contributed by atoms with E-state index in [0.29, 0.717) is 22.2 Å². The predicted molar refractivity (Wildman–Crippen MR) is 124 cm³/mol. The topological polar surface area (TPSA) is 102 Å². The van der Waals surface area contributed by atoms with Gasteiger partial charge in [-0.05, 0) is 30.5 Å². The molecule has 0 spiro atoms. The number of aryl methyl sites for hydroxylation is 2. The maximum absolute atomic E-state index is 12.4. The van der Waals surface area contributed by atoms with Crippen molar-refractivity contribution >= 4 is 28.3 Å². The minimum Gasteiger partial charge on any atom is -0.497 e. The van der Waals surface area contributed by atoms with Crippen LogP contribution in [0.2, 0.25) is 0 Å². The second-order valence-corrected chi connectivity index (χ2v) is 8.06. The molecular formula is C23H26N4O4S. The Morgan fingerprint density at radius 3 is 2.38 bits per heavy atom. The zero-order valence-corrected chi connectivity index (χ0v) is 18.9. The number of anilines is 1. The molecule has 3 rings (SSSR count). The Morgan fingerprint density at radius 1 is 0.969 bits per heavy atom. The molecule has 0 aliphatic heterocycles. The number of carbonyl (C=O) groups excluding carboxylic acids is 2. The van der Waals surface area contributed by atoms with Crippen molar-refractivity contribution in [3.63, 3.8) is 0 Å². The Balaban J connectivity index is 1.40. The lowest BCUT2D eigenvalue weighted by Crippen LogP contribution is -2.27. The molecule has 0 atom stereocenters. The van der Waals surface area contributed by atoms with Gasteiger partial charge < -0.3 is 20.1 Å². The molecule has 0 saturated heterocycles. The Labute approximate surface area is 191 Å². The third-order valence-electron chi connectivity index (χ3n) is 4.66. The summed E-state index contributed by atoms with van der Waals surface area (Å²) in [5.74, 6) is 0.485. The first-order valence-corrected chi connectivity index (χ1v) is 11.1. The molecule has 1 heterocycles. The number of amides is 2. The van der Waals surface area contributed by atoms with Crippen molar-refractivity contribution in [3.8, 4) is 11.5 Å². The number of carbonyl (C=O) groups is 2. The molecule has 8 nitrogen and oxygen atoms in total. The summed E-state index contributed by atoms with van der Waals surface area (Å²) >= 11 is 1.37. The highest BCUT2D eigenvalue weighted by molar-refractivity contribution is 7.15. The third-order valence-corrected chi connectivity index (χ3v) is 5.56. The SMILES string of the molecule is COc1cc(OC)cc(C(=O)NCCC(=O)Nc2nnc(CCCc3ccccc3)s2)c1. The fraction of sp³-hybridized carbons (Fsp3) is 0.304. The first kappa shape index (κ1) is 23.2. The highest BCUT2D eigenvalue weighted by atomic mass is 32.1. The summed E-state index contributed by atoms with van der Waals surface area (Å²) in [6.45, 7) is 0.187. The monoisotopic (exact) mass is 454 g/mol. The molecule has 2 N–H and O–H groups in total. The van der Waals surface area contributed by atoms with Crippen LogP contribution in [0.15, 0.2) is 48.5 Å². The van der Waals surface area contributed by atoms with Crippen LogP contribution in [-0.2, 0) is 17.6 Å². The Hall–Kier alpha value is -3.46. The van der Waals surface area contributed by atoms with E-state index in [-0.39, 0.29) is 24.8 Å². The third kappa shape index (κ3) is 7.05. The summed E-state index contributed by atoms with van der Waals surface area (Å²) in [6.07, 6.45) is 2.87. The van der Waals surface area contributed by atoms with Gasteiger partial charge in [0.25, 0.3) is 5.91 Å². The van der Waals surface area contributed by atoms with Gasteiger partial charge in [-0.25, -0.2) is 0 Å². The van der Waals surface area contributed by atoms with Gasteiger partial charge in [-0.15, -0.1) is 10.2 Å². The lowest BCUT2D eigenvalue weighted by molar-refractivity contribution is -0.116. The molecule has 2 aromatic carbocycles. The van der Waals surface area contributed by atoms with Crippen LogP contribution in [0.4, 0.5) is 5.13 Å². The number of hydrogen-bond acceptors (Lipinski definition) is 7. The van der Waals surface area contributed by atoms with E-state index in [4.69, 9.17) is 9.47 Å². The number of rotatable bonds is 11. The average molecular weight is 455 g/mol. The number of nitrogens with one attached hydrogen (secondary N) is 2. The number of methoxy groups -OCH3 is 2. The Morgan fingerprint density at radius 2 is 1.69 bits per heavy atom. The largest absolute Gasteiger partial charge is 0.497 e. The van der Waals surface area contributed by atoms with Crippen LogP contribution in [0.1, 0.15) is 33.8 Å². The van der Waals surface area contributed by atoms with Crippen LogP contribution in [0, 0.1) is 0 Å². The molecule has 9 heteroatoms. The Bertz CT molecular complexity index is 1020. The summed E-state index contributed by atoms with van der Waals surface area (Å²) in [4.78, 5) is 24.5. The van der Waals surface area contributed by atoms with Crippen molar-refractivity contribution in [2.45, 2.75) is 25.7 Å². The maximum atomic E-state index is 12.4. The lowest BCUT2D eigenvalue weighted by atomic mass is 10.1. The summed E-state index contributed by atoms with van der Waals surface area (Å²) in [7, 11) is 3.03. The van der Waals surface area contributed by atoms with E-state index in [1.54, 1.807) is 18.2 Å². The number of ether oxygens (including phenoxy) is 2. The van der Waals surface area contributed by atoms with Gasteiger partial charge in [0.15, 0.2) is 0 Å². The molecule has 2 amide bonds. The standard InChI is InChI=1S/C23H26N4O4S/c1-30-18-13-17(14-19(15-18)31-2)22(29)24-12-11-20(28)25-23-27-26-21(32-23)10-6-9-16-7-4-3-5-8-16/h3-5,7-8,13-15H,6,9-12H2,1-2H3,(H,24,29)(H,25,27,28). The van der Waals surface area contributed by atoms with Gasteiger partial charge in [0.05, 0.1) is 14.2 Å². The lowest BCUT2D eigenvalue weighted by Gasteiger charge is -2.09. The van der Waals surface area contributed by atoms with Gasteiger partial charge in [-0.3, -0.25) is 9.59 Å². The van der Waals surface area contributed by atoms with Crippen LogP contribution in [0.25, 0.3) is 0 Å². The molecule has 0 aliphatic carbocycles. The maximum Gasteiger partial charge on any atom is 0.251 e. The fourth-order valence-electron chi connectivity index (χ4n) is 3.01. The summed E-state index contributed by atoms with van der Waals surface area (Å²) in [5.41, 5.74) is 1.69. The van der Waals surface area contributed by atoms with Crippen LogP contribution in [-0.4, -0.2) is 42.8 Å². The van der Waals surface area contributed by atoms with Crippen molar-refractivity contribution in [3.05, 3.63) is 64.7 Å². The normalized spacial score (nSPS) is 10.4. The fourth-order valence-corrected chi connectivity index (χ4v) is 3.80. The Kier molecular flexibility index (Phi) is 8.56. The number of benzene rings is 2. The van der Waals surface area contributed by atoms with Crippen molar-refractivity contribution in [2.24, 2.45) is 0 Å². The second-order valence-electron chi connectivity index (χ2n) is 7.00. The van der Waals surface area contributed by atoms with Crippen LogP contribution < -0.4 is 20.1 Å². The highest BCUT2D eigenvalue weighted by Crippen LogP contribution is 2.22. The van der Waals surface area contributed by atoms with Crippen LogP contribution in [0.5, 0.6) is 11.5 Å². The minimum atomic E-state index is -0.313. The first-order chi connectivity index (χ1) is 15.6. The first-order valence-electron chi connectivity index (χ1n) is 10.2. The number of hydrogen-bond donors (Lipinski definition) is 2. The molecule has 0 saturated carbocycles. The van der Waals surface area contributed by atoms with Gasteiger partial charge in [-0.2, -0.15) is 0 Å². The zero-order valence-electron chi connectivity index (χ0n) is 18.1. The molecule has 0 unspecified atom stereocenters. The van der Waals surface area contributed by atoms with Gasteiger partial charge in [0, 0.05) is 31.0 Å². The van der Waals surface area contributed by atoms with Gasteiger partial charge in [0.1, 0.15) is 16.5 Å².